The molecule has 0 unspecified atom stereocenters. The molecule has 0 aliphatic heterocycles. The molecule has 0 spiro atoms. The number of guanidine groups is 1. The molecule has 0 atom stereocenters. The minimum Gasteiger partial charge on any atom is -0.353 e. The molecule has 0 rings (SSSR count). The van der Waals surface area contributed by atoms with Gasteiger partial charge >= 0.3 is 0 Å². The van der Waals surface area contributed by atoms with Crippen LogP contribution >= 0.6 is 0 Å². The summed E-state index contributed by atoms with van der Waals surface area (Å²) in [6.07, 6.45) is 1.09. The third-order valence-corrected chi connectivity index (χ3v) is 1.54. The molecule has 0 heterocycles. The number of hydrogen-bond donors (Lipinski definition) is 3. The predicted octanol–water partition coefficient (Wildman–Crippen LogP) is 0.850. The van der Waals surface area contributed by atoms with E-state index >= 15 is 0 Å². The second-order valence-electron chi connectivity index (χ2n) is 3.86. The molecule has 0 radical (unpaired) electrons. The van der Waals surface area contributed by atoms with Gasteiger partial charge in [0.2, 0.25) is 5.96 Å². The van der Waals surface area contributed by atoms with Crippen molar-refractivity contribution in [3.05, 3.63) is 0 Å². The standard InChI is InChI=1S/C9H22N4/c1-7(2)5-6-11-9(13-10)12-8(3)4/h7-8H,5-6,10H2,1-4H3,(H2,11,12,13). The first-order chi connectivity index (χ1) is 6.06. The lowest BCUT2D eigenvalue weighted by molar-refractivity contribution is 0.592. The Morgan fingerprint density at radius 2 is 1.92 bits per heavy atom. The monoisotopic (exact) mass is 186 g/mol. The van der Waals surface area contributed by atoms with Gasteiger partial charge in [-0.3, -0.25) is 10.4 Å². The summed E-state index contributed by atoms with van der Waals surface area (Å²) in [7, 11) is 0. The molecule has 4 N–H and O–H groups in total. The van der Waals surface area contributed by atoms with E-state index in [1.807, 2.05) is 0 Å². The van der Waals surface area contributed by atoms with Crippen LogP contribution < -0.4 is 16.6 Å². The van der Waals surface area contributed by atoms with E-state index in [4.69, 9.17) is 5.84 Å². The predicted molar refractivity (Wildman–Crippen MR) is 57.4 cm³/mol. The van der Waals surface area contributed by atoms with Crippen LogP contribution in [-0.2, 0) is 0 Å². The first-order valence-electron chi connectivity index (χ1n) is 4.83. The summed E-state index contributed by atoms with van der Waals surface area (Å²) in [6, 6.07) is 0.355. The van der Waals surface area contributed by atoms with E-state index in [9.17, 15) is 0 Å². The Morgan fingerprint density at radius 1 is 1.31 bits per heavy atom. The summed E-state index contributed by atoms with van der Waals surface area (Å²) in [5.41, 5.74) is 2.55. The average molecular weight is 186 g/mol. The van der Waals surface area contributed by atoms with Gasteiger partial charge in [-0.15, -0.1) is 0 Å². The van der Waals surface area contributed by atoms with Crippen LogP contribution in [0.5, 0.6) is 0 Å². The molecular formula is C9H22N4. The van der Waals surface area contributed by atoms with Crippen molar-refractivity contribution < 1.29 is 0 Å². The number of hydrazine groups is 1. The third kappa shape index (κ3) is 7.59. The van der Waals surface area contributed by atoms with Crippen molar-refractivity contribution in [1.29, 1.82) is 0 Å². The van der Waals surface area contributed by atoms with Crippen LogP contribution in [0.4, 0.5) is 0 Å². The maximum Gasteiger partial charge on any atom is 0.205 e. The normalized spacial score (nSPS) is 12.4. The molecule has 4 nitrogen and oxygen atoms in total. The van der Waals surface area contributed by atoms with Gasteiger partial charge in [-0.2, -0.15) is 0 Å². The number of rotatable bonds is 4. The molecule has 78 valence electrons. The molecule has 0 aliphatic rings. The van der Waals surface area contributed by atoms with E-state index in [0.717, 1.165) is 13.0 Å². The van der Waals surface area contributed by atoms with Crippen LogP contribution in [0.25, 0.3) is 0 Å². The van der Waals surface area contributed by atoms with Crippen molar-refractivity contribution >= 4 is 5.96 Å². The second kappa shape index (κ2) is 6.71. The zero-order valence-electron chi connectivity index (χ0n) is 9.09. The molecule has 0 aromatic heterocycles. The van der Waals surface area contributed by atoms with Crippen molar-refractivity contribution in [2.24, 2.45) is 16.8 Å². The van der Waals surface area contributed by atoms with E-state index < -0.39 is 0 Å². The number of nitrogens with two attached hydrogens (primary N) is 1. The number of nitrogens with one attached hydrogen (secondary N) is 2. The van der Waals surface area contributed by atoms with Gasteiger partial charge in [-0.1, -0.05) is 13.8 Å². The first-order valence-corrected chi connectivity index (χ1v) is 4.83. The highest BCUT2D eigenvalue weighted by Crippen LogP contribution is 1.98. The Balaban J connectivity index is 3.78. The van der Waals surface area contributed by atoms with E-state index in [1.165, 1.54) is 0 Å². The maximum absolute atomic E-state index is 5.29. The van der Waals surface area contributed by atoms with Crippen LogP contribution in [0.3, 0.4) is 0 Å². The van der Waals surface area contributed by atoms with E-state index in [1.54, 1.807) is 0 Å². The van der Waals surface area contributed by atoms with E-state index in [-0.39, 0.29) is 0 Å². The van der Waals surface area contributed by atoms with Gasteiger partial charge in [-0.05, 0) is 26.2 Å². The quantitative estimate of drug-likeness (QED) is 0.264. The van der Waals surface area contributed by atoms with Gasteiger partial charge in [0.05, 0.1) is 0 Å². The smallest absolute Gasteiger partial charge is 0.205 e. The topological polar surface area (TPSA) is 62.4 Å². The fourth-order valence-corrected chi connectivity index (χ4v) is 0.841. The van der Waals surface area contributed by atoms with Crippen molar-refractivity contribution in [3.8, 4) is 0 Å². The zero-order valence-corrected chi connectivity index (χ0v) is 9.09. The Hall–Kier alpha value is -0.770. The van der Waals surface area contributed by atoms with Crippen LogP contribution in [0.15, 0.2) is 4.99 Å². The molecule has 0 amide bonds. The zero-order chi connectivity index (χ0) is 10.3. The van der Waals surface area contributed by atoms with Crippen LogP contribution in [-0.4, -0.2) is 18.5 Å². The summed E-state index contributed by atoms with van der Waals surface area (Å²) in [4.78, 5) is 4.29. The van der Waals surface area contributed by atoms with Gasteiger partial charge in [0, 0.05) is 12.6 Å². The molecule has 0 saturated carbocycles. The van der Waals surface area contributed by atoms with Crippen LogP contribution in [0.1, 0.15) is 34.1 Å². The Kier molecular flexibility index (Phi) is 6.32. The van der Waals surface area contributed by atoms with E-state index in [0.29, 0.717) is 17.9 Å². The summed E-state index contributed by atoms with van der Waals surface area (Å²) < 4.78 is 0. The first kappa shape index (κ1) is 12.2. The lowest BCUT2D eigenvalue weighted by Gasteiger charge is -2.12. The summed E-state index contributed by atoms with van der Waals surface area (Å²) in [5.74, 6) is 6.65. The highest BCUT2D eigenvalue weighted by atomic mass is 15.3. The Labute approximate surface area is 81.0 Å². The molecule has 13 heavy (non-hydrogen) atoms. The van der Waals surface area contributed by atoms with Crippen molar-refractivity contribution in [2.75, 3.05) is 6.54 Å². The molecule has 0 saturated heterocycles. The molecule has 0 aromatic rings. The number of hydrogen-bond acceptors (Lipinski definition) is 2. The molecule has 0 aromatic carbocycles. The van der Waals surface area contributed by atoms with Crippen LogP contribution in [0.2, 0.25) is 0 Å². The van der Waals surface area contributed by atoms with Gasteiger partial charge in [0.1, 0.15) is 0 Å². The minimum atomic E-state index is 0.355. The van der Waals surface area contributed by atoms with Crippen molar-refractivity contribution in [1.82, 2.24) is 10.7 Å². The maximum atomic E-state index is 5.29. The SMILES string of the molecule is CC(C)CCN=C(NN)NC(C)C. The number of aliphatic imine (C=N–C) groups is 1. The third-order valence-electron chi connectivity index (χ3n) is 1.54. The van der Waals surface area contributed by atoms with Gasteiger partial charge in [0.15, 0.2) is 0 Å². The molecule has 0 bridgehead atoms. The fraction of sp³-hybridized carbons (Fsp3) is 0.889. The molecule has 4 heteroatoms. The lowest BCUT2D eigenvalue weighted by atomic mass is 10.1. The summed E-state index contributed by atoms with van der Waals surface area (Å²) >= 11 is 0. The average Bonchev–Trinajstić information content (AvgIpc) is 2.01. The van der Waals surface area contributed by atoms with Crippen LogP contribution in [0, 0.1) is 5.92 Å². The largest absolute Gasteiger partial charge is 0.353 e. The lowest BCUT2D eigenvalue weighted by Crippen LogP contribution is -2.44. The van der Waals surface area contributed by atoms with Gasteiger partial charge in [0.25, 0.3) is 0 Å². The highest BCUT2D eigenvalue weighted by Gasteiger charge is 1.98. The number of nitrogens with zero attached hydrogens (tertiary/aromatic N) is 1. The molecule has 0 fully saturated rings. The Morgan fingerprint density at radius 3 is 2.31 bits per heavy atom. The Bertz CT molecular complexity index is 152. The van der Waals surface area contributed by atoms with Gasteiger partial charge in [-0.25, -0.2) is 5.84 Å². The minimum absolute atomic E-state index is 0.355. The second-order valence-corrected chi connectivity index (χ2v) is 3.86. The summed E-state index contributed by atoms with van der Waals surface area (Å²) in [5, 5.41) is 3.12. The van der Waals surface area contributed by atoms with Crippen molar-refractivity contribution in [3.63, 3.8) is 0 Å². The van der Waals surface area contributed by atoms with Gasteiger partial charge < -0.3 is 5.32 Å². The highest BCUT2D eigenvalue weighted by molar-refractivity contribution is 5.79. The molecule has 0 aliphatic carbocycles. The van der Waals surface area contributed by atoms with E-state index in [2.05, 4.69) is 43.4 Å². The summed E-state index contributed by atoms with van der Waals surface area (Å²) in [6.45, 7) is 9.28. The molecular weight excluding hydrogens is 164 g/mol. The fourth-order valence-electron chi connectivity index (χ4n) is 0.841. The van der Waals surface area contributed by atoms with Crippen molar-refractivity contribution in [2.45, 2.75) is 40.2 Å².